The van der Waals surface area contributed by atoms with E-state index in [1.807, 2.05) is 0 Å². The van der Waals surface area contributed by atoms with Gasteiger partial charge in [-0.2, -0.15) is 0 Å². The highest BCUT2D eigenvalue weighted by Gasteiger charge is 2.13. The number of pyridine rings is 1. The van der Waals surface area contributed by atoms with E-state index in [4.69, 9.17) is 26.2 Å². The largest absolute Gasteiger partial charge is 0.497 e. The maximum atomic E-state index is 10.8. The zero-order chi connectivity index (χ0) is 14.0. The fraction of sp³-hybridized carbons (Fsp3) is 0.231. The summed E-state index contributed by atoms with van der Waals surface area (Å²) in [6, 6.07) is 5.14. The number of nitrogens with zero attached hydrogens (tertiary/aromatic N) is 1. The summed E-state index contributed by atoms with van der Waals surface area (Å²) in [5, 5.41) is 9.71. The van der Waals surface area contributed by atoms with Crippen LogP contribution in [-0.4, -0.2) is 30.3 Å². The van der Waals surface area contributed by atoms with Crippen LogP contribution in [0.2, 0.25) is 5.15 Å². The molecule has 0 bridgehead atoms. The molecule has 5 nitrogen and oxygen atoms in total. The second-order valence-corrected chi connectivity index (χ2v) is 4.27. The average molecular weight is 282 g/mol. The number of halogens is 1. The van der Waals surface area contributed by atoms with E-state index >= 15 is 0 Å². The molecule has 0 aliphatic rings. The molecule has 6 heteroatoms. The quantitative estimate of drug-likeness (QED) is 0.872. The molecule has 0 aliphatic heterocycles. The Morgan fingerprint density at radius 2 is 2.05 bits per heavy atom. The number of carboxylic acids is 1. The number of carboxylic acid groups (broad SMARTS) is 1. The van der Waals surface area contributed by atoms with Crippen LogP contribution in [0.5, 0.6) is 11.5 Å². The Balaban J connectivity index is 2.66. The third-order valence-electron chi connectivity index (χ3n) is 2.68. The van der Waals surface area contributed by atoms with Crippen molar-refractivity contribution in [2.24, 2.45) is 0 Å². The van der Waals surface area contributed by atoms with Gasteiger partial charge >= 0.3 is 5.97 Å². The Morgan fingerprint density at radius 3 is 2.63 bits per heavy atom. The summed E-state index contributed by atoms with van der Waals surface area (Å²) in [5.41, 5.74) is 1.03. The van der Waals surface area contributed by atoms with E-state index in [9.17, 15) is 4.79 Å². The van der Waals surface area contributed by atoms with E-state index < -0.39 is 5.97 Å². The zero-order valence-corrected chi connectivity index (χ0v) is 11.2. The van der Waals surface area contributed by atoms with Crippen LogP contribution in [-0.2, 0) is 11.2 Å². The van der Waals surface area contributed by atoms with E-state index in [1.54, 1.807) is 25.3 Å². The van der Waals surface area contributed by atoms with E-state index in [1.165, 1.54) is 7.11 Å². The Kier molecular flexibility index (Phi) is 3.76. The number of benzene rings is 1. The number of ether oxygens (including phenoxy) is 2. The van der Waals surface area contributed by atoms with E-state index in [-0.39, 0.29) is 11.6 Å². The number of methoxy groups -OCH3 is 2. The van der Waals surface area contributed by atoms with Gasteiger partial charge in [0, 0.05) is 17.0 Å². The highest BCUT2D eigenvalue weighted by molar-refractivity contribution is 6.30. The summed E-state index contributed by atoms with van der Waals surface area (Å²) in [6.07, 6.45) is -0.179. The van der Waals surface area contributed by atoms with Gasteiger partial charge in [-0.15, -0.1) is 0 Å². The molecule has 0 saturated carbocycles. The molecule has 1 aromatic heterocycles. The molecule has 2 rings (SSSR count). The fourth-order valence-corrected chi connectivity index (χ4v) is 2.02. The van der Waals surface area contributed by atoms with Crippen LogP contribution in [0.1, 0.15) is 5.56 Å². The minimum Gasteiger partial charge on any atom is -0.497 e. The van der Waals surface area contributed by atoms with Gasteiger partial charge in [0.05, 0.1) is 20.6 Å². The maximum Gasteiger partial charge on any atom is 0.307 e. The topological polar surface area (TPSA) is 68.7 Å². The van der Waals surface area contributed by atoms with Gasteiger partial charge in [0.2, 0.25) is 0 Å². The molecule has 0 amide bonds. The average Bonchev–Trinajstić information content (AvgIpc) is 2.38. The maximum absolute atomic E-state index is 10.8. The first-order valence-corrected chi connectivity index (χ1v) is 5.86. The summed E-state index contributed by atoms with van der Waals surface area (Å²) in [4.78, 5) is 15.0. The van der Waals surface area contributed by atoms with Gasteiger partial charge in [-0.25, -0.2) is 4.98 Å². The van der Waals surface area contributed by atoms with Crippen LogP contribution in [0.4, 0.5) is 0 Å². The molecule has 1 aromatic carbocycles. The van der Waals surface area contributed by atoms with Crippen molar-refractivity contribution in [3.8, 4) is 11.5 Å². The molecular formula is C13H12ClNO4. The van der Waals surface area contributed by atoms with Crippen LogP contribution >= 0.6 is 11.6 Å². The number of hydrogen-bond acceptors (Lipinski definition) is 4. The predicted molar refractivity (Wildman–Crippen MR) is 71.2 cm³/mol. The molecular weight excluding hydrogens is 270 g/mol. The molecule has 1 heterocycles. The third kappa shape index (κ3) is 2.71. The van der Waals surface area contributed by atoms with Crippen LogP contribution in [0.15, 0.2) is 18.2 Å². The van der Waals surface area contributed by atoms with E-state index in [0.29, 0.717) is 22.6 Å². The number of rotatable bonds is 4. The fourth-order valence-electron chi connectivity index (χ4n) is 1.81. The predicted octanol–water partition coefficient (Wildman–Crippen LogP) is 2.53. The lowest BCUT2D eigenvalue weighted by molar-refractivity contribution is -0.136. The molecule has 0 fully saturated rings. The third-order valence-corrected chi connectivity index (χ3v) is 3.01. The molecule has 0 atom stereocenters. The minimum absolute atomic E-state index is 0.165. The smallest absolute Gasteiger partial charge is 0.307 e. The normalized spacial score (nSPS) is 10.5. The molecule has 19 heavy (non-hydrogen) atoms. The summed E-state index contributed by atoms with van der Waals surface area (Å²) in [7, 11) is 3.07. The van der Waals surface area contributed by atoms with E-state index in [0.717, 1.165) is 5.39 Å². The summed E-state index contributed by atoms with van der Waals surface area (Å²) in [6.45, 7) is 0. The molecule has 2 aromatic rings. The number of aliphatic carboxylic acids is 1. The summed E-state index contributed by atoms with van der Waals surface area (Å²) in [5.74, 6) is 0.172. The van der Waals surface area contributed by atoms with Crippen molar-refractivity contribution >= 4 is 28.5 Å². The van der Waals surface area contributed by atoms with Crippen molar-refractivity contribution in [2.75, 3.05) is 14.2 Å². The summed E-state index contributed by atoms with van der Waals surface area (Å²) < 4.78 is 10.4. The molecule has 0 unspecified atom stereocenters. The van der Waals surface area contributed by atoms with Gasteiger partial charge in [-0.1, -0.05) is 11.6 Å². The van der Waals surface area contributed by atoms with Crippen LogP contribution in [0.3, 0.4) is 0 Å². The Labute approximate surface area is 114 Å². The Morgan fingerprint density at radius 1 is 1.32 bits per heavy atom. The first-order chi connectivity index (χ1) is 9.05. The van der Waals surface area contributed by atoms with Crippen molar-refractivity contribution < 1.29 is 19.4 Å². The molecule has 0 aliphatic carbocycles. The Hall–Kier alpha value is -2.01. The lowest BCUT2D eigenvalue weighted by Crippen LogP contribution is -2.02. The molecule has 100 valence electrons. The van der Waals surface area contributed by atoms with E-state index in [2.05, 4.69) is 4.98 Å². The Bertz CT molecular complexity index is 642. The van der Waals surface area contributed by atoms with Crippen molar-refractivity contribution in [3.63, 3.8) is 0 Å². The van der Waals surface area contributed by atoms with Gasteiger partial charge in [0.1, 0.15) is 22.2 Å². The molecule has 0 spiro atoms. The van der Waals surface area contributed by atoms with Crippen molar-refractivity contribution in [2.45, 2.75) is 6.42 Å². The first kappa shape index (κ1) is 13.4. The van der Waals surface area contributed by atoms with Crippen LogP contribution < -0.4 is 9.47 Å². The van der Waals surface area contributed by atoms with Crippen molar-refractivity contribution in [1.82, 2.24) is 4.98 Å². The highest BCUT2D eigenvalue weighted by atomic mass is 35.5. The van der Waals surface area contributed by atoms with Crippen molar-refractivity contribution in [1.29, 1.82) is 0 Å². The van der Waals surface area contributed by atoms with Gasteiger partial charge in [0.25, 0.3) is 0 Å². The number of fused-ring (bicyclic) bond motifs is 1. The second-order valence-electron chi connectivity index (χ2n) is 3.91. The molecule has 0 radical (unpaired) electrons. The number of aromatic nitrogens is 1. The van der Waals surface area contributed by atoms with Crippen LogP contribution in [0, 0.1) is 0 Å². The first-order valence-electron chi connectivity index (χ1n) is 5.48. The lowest BCUT2D eigenvalue weighted by atomic mass is 10.1. The van der Waals surface area contributed by atoms with Gasteiger partial charge in [-0.3, -0.25) is 4.79 Å². The number of carbonyl (C=O) groups is 1. The minimum atomic E-state index is -0.960. The van der Waals surface area contributed by atoms with Crippen LogP contribution in [0.25, 0.3) is 10.9 Å². The monoisotopic (exact) mass is 281 g/mol. The second kappa shape index (κ2) is 5.32. The van der Waals surface area contributed by atoms with Gasteiger partial charge in [-0.05, 0) is 12.1 Å². The SMILES string of the molecule is COc1cc(OC)c2nc(Cl)c(CC(=O)O)cc2c1. The number of hydrogen-bond donors (Lipinski definition) is 1. The highest BCUT2D eigenvalue weighted by Crippen LogP contribution is 2.32. The standard InChI is InChI=1S/C13H12ClNO4/c1-18-9-4-7-3-8(5-11(16)17)13(14)15-12(7)10(6-9)19-2/h3-4,6H,5H2,1-2H3,(H,16,17). The van der Waals surface area contributed by atoms with Gasteiger partial charge in [0.15, 0.2) is 0 Å². The zero-order valence-electron chi connectivity index (χ0n) is 10.4. The molecule has 0 saturated heterocycles. The molecule has 1 N–H and O–H groups in total. The lowest BCUT2D eigenvalue weighted by Gasteiger charge is -2.10. The van der Waals surface area contributed by atoms with Gasteiger partial charge < -0.3 is 14.6 Å². The summed E-state index contributed by atoms with van der Waals surface area (Å²) >= 11 is 5.99. The van der Waals surface area contributed by atoms with Crippen molar-refractivity contribution in [3.05, 3.63) is 28.9 Å².